The van der Waals surface area contributed by atoms with Gasteiger partial charge in [-0.3, -0.25) is 0 Å². The third-order valence-electron chi connectivity index (χ3n) is 8.10. The predicted molar refractivity (Wildman–Crippen MR) is 138 cm³/mol. The summed E-state index contributed by atoms with van der Waals surface area (Å²) >= 11 is 0. The number of para-hydroxylation sites is 1. The number of benzene rings is 1. The smallest absolute Gasteiger partial charge is 0.387 e. The van der Waals surface area contributed by atoms with E-state index < -0.39 is 12.6 Å². The van der Waals surface area contributed by atoms with Gasteiger partial charge in [0.25, 0.3) is 0 Å². The normalized spacial score (nSPS) is 22.7. The Morgan fingerprint density at radius 1 is 1.16 bits per heavy atom. The van der Waals surface area contributed by atoms with Crippen molar-refractivity contribution in [3.05, 3.63) is 65.1 Å². The van der Waals surface area contributed by atoms with Crippen LogP contribution in [0.4, 0.5) is 14.6 Å². The van der Waals surface area contributed by atoms with Crippen molar-refractivity contribution in [3.8, 4) is 16.9 Å². The van der Waals surface area contributed by atoms with Gasteiger partial charge in [-0.1, -0.05) is 18.2 Å². The number of rotatable bonds is 9. The van der Waals surface area contributed by atoms with Crippen LogP contribution in [0.1, 0.15) is 71.6 Å². The van der Waals surface area contributed by atoms with Crippen molar-refractivity contribution in [2.75, 3.05) is 4.90 Å². The lowest BCUT2D eigenvalue weighted by Gasteiger charge is -2.40. The number of nitrogens with zero attached hydrogens (tertiary/aromatic N) is 2. The first-order valence-corrected chi connectivity index (χ1v) is 13.2. The number of hydrogen-bond acceptors (Lipinski definition) is 5. The molecule has 38 heavy (non-hydrogen) atoms. The molecule has 1 saturated carbocycles. The molecular formula is C29H31F2N3O4. The first kappa shape index (κ1) is 24.9. The molecule has 2 unspecified atom stereocenters. The summed E-state index contributed by atoms with van der Waals surface area (Å²) in [5, 5.41) is 9.29. The van der Waals surface area contributed by atoms with E-state index in [4.69, 9.17) is 9.47 Å². The second kappa shape index (κ2) is 10.0. The van der Waals surface area contributed by atoms with Gasteiger partial charge in [-0.25, -0.2) is 9.78 Å². The van der Waals surface area contributed by atoms with Gasteiger partial charge in [-0.2, -0.15) is 8.78 Å². The summed E-state index contributed by atoms with van der Waals surface area (Å²) in [5.74, 6) is 0.500. The number of aromatic nitrogens is 2. The number of aryl methyl sites for hydroxylation is 1. The number of carboxylic acids is 1. The SMILES string of the molecule is Cc1cc(C(=O)O)cnc1N1C2CCC1CC(OCc1c(-c3ccccc3OC(F)F)c[nH]c1C1CC1)C2. The Morgan fingerprint density at radius 3 is 2.55 bits per heavy atom. The molecule has 0 amide bonds. The monoisotopic (exact) mass is 523 g/mol. The van der Waals surface area contributed by atoms with Crippen molar-refractivity contribution in [1.82, 2.24) is 9.97 Å². The summed E-state index contributed by atoms with van der Waals surface area (Å²) in [4.78, 5) is 21.6. The molecule has 3 fully saturated rings. The molecule has 2 aliphatic heterocycles. The second-order valence-electron chi connectivity index (χ2n) is 10.6. The van der Waals surface area contributed by atoms with Gasteiger partial charge in [0.15, 0.2) is 0 Å². The zero-order valence-corrected chi connectivity index (χ0v) is 21.2. The summed E-state index contributed by atoms with van der Waals surface area (Å²) in [5.41, 5.74) is 4.71. The van der Waals surface area contributed by atoms with Gasteiger partial charge in [0, 0.05) is 46.9 Å². The van der Waals surface area contributed by atoms with Gasteiger partial charge in [-0.15, -0.1) is 0 Å². The quantitative estimate of drug-likeness (QED) is 0.343. The zero-order chi connectivity index (χ0) is 26.4. The number of H-pyrrole nitrogens is 1. The average Bonchev–Trinajstić information content (AvgIpc) is 3.59. The molecule has 6 rings (SSSR count). The van der Waals surface area contributed by atoms with E-state index in [0.717, 1.165) is 66.7 Å². The van der Waals surface area contributed by atoms with Gasteiger partial charge in [0.1, 0.15) is 11.6 Å². The van der Waals surface area contributed by atoms with Crippen LogP contribution in [0.2, 0.25) is 0 Å². The lowest BCUT2D eigenvalue weighted by atomic mass is 9.98. The molecule has 0 spiro atoms. The summed E-state index contributed by atoms with van der Waals surface area (Å²) < 4.78 is 37.5. The number of aromatic carboxylic acids is 1. The molecule has 3 aromatic rings. The lowest BCUT2D eigenvalue weighted by molar-refractivity contribution is -0.0494. The number of anilines is 1. The first-order chi connectivity index (χ1) is 18.4. The number of aromatic amines is 1. The Labute approximate surface area is 219 Å². The number of halogens is 2. The number of hydrogen-bond donors (Lipinski definition) is 2. The highest BCUT2D eigenvalue weighted by Gasteiger charge is 2.42. The van der Waals surface area contributed by atoms with Crippen LogP contribution < -0.4 is 9.64 Å². The molecular weight excluding hydrogens is 492 g/mol. The molecule has 2 bridgehead atoms. The van der Waals surface area contributed by atoms with Crippen LogP contribution >= 0.6 is 0 Å². The van der Waals surface area contributed by atoms with Gasteiger partial charge < -0.3 is 24.5 Å². The van der Waals surface area contributed by atoms with E-state index in [1.165, 1.54) is 6.20 Å². The third-order valence-corrected chi connectivity index (χ3v) is 8.10. The maximum absolute atomic E-state index is 13.1. The van der Waals surface area contributed by atoms with Crippen LogP contribution in [0.5, 0.6) is 5.75 Å². The molecule has 200 valence electrons. The average molecular weight is 524 g/mol. The Kier molecular flexibility index (Phi) is 6.55. The van der Waals surface area contributed by atoms with E-state index in [0.29, 0.717) is 18.1 Å². The number of pyridine rings is 1. The van der Waals surface area contributed by atoms with Gasteiger partial charge in [0.2, 0.25) is 0 Å². The number of ether oxygens (including phenoxy) is 2. The molecule has 4 heterocycles. The Bertz CT molecular complexity index is 1330. The van der Waals surface area contributed by atoms with Crippen LogP contribution in [0.3, 0.4) is 0 Å². The number of carbonyl (C=O) groups is 1. The predicted octanol–water partition coefficient (Wildman–Crippen LogP) is 6.28. The van der Waals surface area contributed by atoms with Crippen molar-refractivity contribution in [3.63, 3.8) is 0 Å². The number of fused-ring (bicyclic) bond motifs is 2. The Balaban J connectivity index is 1.20. The third kappa shape index (κ3) is 4.75. The van der Waals surface area contributed by atoms with Crippen LogP contribution in [0.15, 0.2) is 42.7 Å². The van der Waals surface area contributed by atoms with E-state index >= 15 is 0 Å². The van der Waals surface area contributed by atoms with Crippen molar-refractivity contribution < 1.29 is 28.2 Å². The van der Waals surface area contributed by atoms with Gasteiger partial charge in [-0.05, 0) is 69.1 Å². The molecule has 2 atom stereocenters. The number of piperidine rings is 1. The second-order valence-corrected chi connectivity index (χ2v) is 10.6. The summed E-state index contributed by atoms with van der Waals surface area (Å²) in [6, 6.07) is 9.17. The Hall–Kier alpha value is -3.46. The summed E-state index contributed by atoms with van der Waals surface area (Å²) in [6.45, 7) is -0.571. The Morgan fingerprint density at radius 2 is 1.89 bits per heavy atom. The minimum absolute atomic E-state index is 0.0738. The van der Waals surface area contributed by atoms with Crippen LogP contribution in [0.25, 0.3) is 11.1 Å². The number of alkyl halides is 2. The first-order valence-electron chi connectivity index (χ1n) is 13.2. The molecule has 9 heteroatoms. The van der Waals surface area contributed by atoms with Crippen LogP contribution in [0, 0.1) is 6.92 Å². The highest BCUT2D eigenvalue weighted by molar-refractivity contribution is 5.87. The molecule has 3 aliphatic rings. The van der Waals surface area contributed by atoms with Gasteiger partial charge in [0.05, 0.1) is 18.3 Å². The van der Waals surface area contributed by atoms with Crippen molar-refractivity contribution in [2.24, 2.45) is 0 Å². The van der Waals surface area contributed by atoms with E-state index in [1.54, 1.807) is 18.2 Å². The number of nitrogens with one attached hydrogen (secondary N) is 1. The van der Waals surface area contributed by atoms with E-state index in [1.807, 2.05) is 25.3 Å². The fourth-order valence-electron chi connectivity index (χ4n) is 6.25. The van der Waals surface area contributed by atoms with Crippen LogP contribution in [-0.2, 0) is 11.3 Å². The van der Waals surface area contributed by atoms with Crippen LogP contribution in [-0.4, -0.2) is 45.8 Å². The highest BCUT2D eigenvalue weighted by Crippen LogP contribution is 2.46. The maximum atomic E-state index is 13.1. The van der Waals surface area contributed by atoms with E-state index in [-0.39, 0.29) is 29.5 Å². The minimum atomic E-state index is -2.89. The fourth-order valence-corrected chi connectivity index (χ4v) is 6.25. The summed E-state index contributed by atoms with van der Waals surface area (Å²) in [6.07, 6.45) is 9.45. The van der Waals surface area contributed by atoms with Gasteiger partial charge >= 0.3 is 12.6 Å². The largest absolute Gasteiger partial charge is 0.478 e. The fraction of sp³-hybridized carbons (Fsp3) is 0.448. The van der Waals surface area contributed by atoms with Crippen molar-refractivity contribution in [1.29, 1.82) is 0 Å². The molecule has 2 saturated heterocycles. The standard InChI is InChI=1S/C29H31F2N3O4/c1-16-10-18(28(35)36)13-33-27(16)34-19-8-9-20(34)12-21(11-19)37-15-24-23(14-32-26(24)17-6-7-17)22-4-2-3-5-25(22)38-29(30)31/h2-5,10,13-14,17,19-21,29,32H,6-9,11-12,15H2,1H3,(H,35,36). The maximum Gasteiger partial charge on any atom is 0.387 e. The van der Waals surface area contributed by atoms with Crippen molar-refractivity contribution in [2.45, 2.75) is 82.8 Å². The van der Waals surface area contributed by atoms with E-state index in [2.05, 4.69) is 14.9 Å². The zero-order valence-electron chi connectivity index (χ0n) is 21.2. The molecule has 7 nitrogen and oxygen atoms in total. The lowest BCUT2D eigenvalue weighted by Crippen LogP contribution is -2.46. The van der Waals surface area contributed by atoms with Crippen molar-refractivity contribution >= 4 is 11.8 Å². The molecule has 1 aromatic carbocycles. The highest BCUT2D eigenvalue weighted by atomic mass is 19.3. The summed E-state index contributed by atoms with van der Waals surface area (Å²) in [7, 11) is 0. The molecule has 2 N–H and O–H groups in total. The minimum Gasteiger partial charge on any atom is -0.478 e. The molecule has 0 radical (unpaired) electrons. The molecule has 2 aromatic heterocycles. The molecule has 1 aliphatic carbocycles. The van der Waals surface area contributed by atoms with E-state index in [9.17, 15) is 18.7 Å². The number of carboxylic acid groups (broad SMARTS) is 1. The topological polar surface area (TPSA) is 87.7 Å².